The van der Waals surface area contributed by atoms with E-state index < -0.39 is 0 Å². The van der Waals surface area contributed by atoms with Gasteiger partial charge >= 0.3 is 0 Å². The van der Waals surface area contributed by atoms with Crippen molar-refractivity contribution in [1.82, 2.24) is 15.2 Å². The molecule has 146 valence electrons. The summed E-state index contributed by atoms with van der Waals surface area (Å²) >= 11 is 0. The van der Waals surface area contributed by atoms with Crippen LogP contribution in [0.25, 0.3) is 11.3 Å². The molecule has 4 rings (SSSR count). The minimum absolute atomic E-state index is 0.151. The zero-order chi connectivity index (χ0) is 19.5. The molecule has 0 saturated carbocycles. The number of aryl methyl sites for hydroxylation is 1. The summed E-state index contributed by atoms with van der Waals surface area (Å²) in [6.07, 6.45) is 4.49. The van der Waals surface area contributed by atoms with E-state index in [1.807, 2.05) is 17.9 Å². The number of carbonyl (C=O) groups is 1. The smallest absolute Gasteiger partial charge is 0.276 e. The lowest BCUT2D eigenvalue weighted by molar-refractivity contribution is 0.0663. The molecule has 3 heterocycles. The van der Waals surface area contributed by atoms with Crippen molar-refractivity contribution in [3.05, 3.63) is 59.4 Å². The predicted molar refractivity (Wildman–Crippen MR) is 100 cm³/mol. The summed E-state index contributed by atoms with van der Waals surface area (Å²) in [7, 11) is 0. The lowest BCUT2D eigenvalue weighted by Gasteiger charge is -2.27. The van der Waals surface area contributed by atoms with Gasteiger partial charge in [-0.15, -0.1) is 0 Å². The van der Waals surface area contributed by atoms with Gasteiger partial charge in [-0.2, -0.15) is 0 Å². The molecule has 0 bridgehead atoms. The molecule has 6 nitrogen and oxygen atoms in total. The summed E-state index contributed by atoms with van der Waals surface area (Å²) in [4.78, 5) is 14.9. The fourth-order valence-electron chi connectivity index (χ4n) is 3.58. The standard InChI is InChI=1S/C21H22FN3O3/c1-2-16-12-18(24-27-16)21(26)25-11-5-3-4-6-19(25)17-13-20(28-23-17)14-7-9-15(22)10-8-14/h7-10,12-13,19H,2-6,11H2,1H3/t19-/m1/s1. The molecule has 1 aromatic carbocycles. The van der Waals surface area contributed by atoms with Gasteiger partial charge in [-0.25, -0.2) is 4.39 Å². The van der Waals surface area contributed by atoms with E-state index >= 15 is 0 Å². The monoisotopic (exact) mass is 383 g/mol. The maximum absolute atomic E-state index is 13.2. The van der Waals surface area contributed by atoms with Crippen LogP contribution >= 0.6 is 0 Å². The van der Waals surface area contributed by atoms with Crippen LogP contribution in [0.3, 0.4) is 0 Å². The maximum Gasteiger partial charge on any atom is 0.276 e. The molecule has 1 atom stereocenters. The minimum atomic E-state index is -0.303. The van der Waals surface area contributed by atoms with E-state index in [-0.39, 0.29) is 17.8 Å². The highest BCUT2D eigenvalue weighted by molar-refractivity contribution is 5.92. The first kappa shape index (κ1) is 18.4. The molecule has 1 aliphatic rings. The Morgan fingerprint density at radius 2 is 1.96 bits per heavy atom. The summed E-state index contributed by atoms with van der Waals surface area (Å²) in [5.74, 6) is 0.792. The van der Waals surface area contributed by atoms with E-state index in [0.717, 1.165) is 31.2 Å². The summed E-state index contributed by atoms with van der Waals surface area (Å²) in [6, 6.07) is 9.42. The zero-order valence-corrected chi connectivity index (χ0v) is 15.7. The molecule has 1 fully saturated rings. The number of hydrogen-bond donors (Lipinski definition) is 0. The molecule has 2 aromatic heterocycles. The highest BCUT2D eigenvalue weighted by Crippen LogP contribution is 2.33. The Kier molecular flexibility index (Phi) is 5.23. The van der Waals surface area contributed by atoms with Crippen molar-refractivity contribution in [2.45, 2.75) is 45.1 Å². The van der Waals surface area contributed by atoms with Crippen LogP contribution < -0.4 is 0 Å². The van der Waals surface area contributed by atoms with Crippen LogP contribution in [0.4, 0.5) is 4.39 Å². The van der Waals surface area contributed by atoms with Crippen LogP contribution in [0, 0.1) is 5.82 Å². The zero-order valence-electron chi connectivity index (χ0n) is 15.7. The molecular formula is C21H22FN3O3. The van der Waals surface area contributed by atoms with Gasteiger partial charge in [0.05, 0.1) is 6.04 Å². The Labute approximate surface area is 162 Å². The molecule has 1 aliphatic heterocycles. The molecule has 0 aliphatic carbocycles. The Hall–Kier alpha value is -2.96. The average molecular weight is 383 g/mol. The number of aromatic nitrogens is 2. The van der Waals surface area contributed by atoms with Crippen LogP contribution in [-0.4, -0.2) is 27.7 Å². The van der Waals surface area contributed by atoms with Crippen molar-refractivity contribution in [1.29, 1.82) is 0 Å². The second kappa shape index (κ2) is 7.96. The lowest BCUT2D eigenvalue weighted by atomic mass is 10.0. The Balaban J connectivity index is 1.62. The average Bonchev–Trinajstić information content (AvgIpc) is 3.33. The highest BCUT2D eigenvalue weighted by atomic mass is 19.1. The van der Waals surface area contributed by atoms with Gasteiger partial charge in [0.15, 0.2) is 11.5 Å². The van der Waals surface area contributed by atoms with E-state index in [9.17, 15) is 9.18 Å². The summed E-state index contributed by atoms with van der Waals surface area (Å²) in [5.41, 5.74) is 1.77. The van der Waals surface area contributed by atoms with Crippen LogP contribution in [0.2, 0.25) is 0 Å². The van der Waals surface area contributed by atoms with Crippen LogP contribution in [0.1, 0.15) is 60.6 Å². The molecular weight excluding hydrogens is 361 g/mol. The Bertz CT molecular complexity index is 948. The quantitative estimate of drug-likeness (QED) is 0.648. The van der Waals surface area contributed by atoms with Crippen molar-refractivity contribution < 1.29 is 18.2 Å². The number of carbonyl (C=O) groups excluding carboxylic acids is 1. The summed E-state index contributed by atoms with van der Waals surface area (Å²) < 4.78 is 23.9. The lowest BCUT2D eigenvalue weighted by Crippen LogP contribution is -2.35. The van der Waals surface area contributed by atoms with Crippen molar-refractivity contribution in [2.75, 3.05) is 6.54 Å². The molecule has 0 radical (unpaired) electrons. The molecule has 0 N–H and O–H groups in total. The van der Waals surface area contributed by atoms with Gasteiger partial charge in [0.2, 0.25) is 0 Å². The van der Waals surface area contributed by atoms with Crippen molar-refractivity contribution >= 4 is 5.91 Å². The van der Waals surface area contributed by atoms with Crippen LogP contribution in [0.15, 0.2) is 45.4 Å². The number of amides is 1. The van der Waals surface area contributed by atoms with Gasteiger partial charge in [0.1, 0.15) is 17.3 Å². The molecule has 7 heteroatoms. The van der Waals surface area contributed by atoms with Crippen molar-refractivity contribution in [3.63, 3.8) is 0 Å². The number of benzene rings is 1. The molecule has 0 spiro atoms. The second-order valence-electron chi connectivity index (χ2n) is 7.02. The number of rotatable bonds is 4. The number of likely N-dealkylation sites (tertiary alicyclic amines) is 1. The van der Waals surface area contributed by atoms with E-state index in [1.54, 1.807) is 18.2 Å². The molecule has 28 heavy (non-hydrogen) atoms. The Morgan fingerprint density at radius 1 is 1.14 bits per heavy atom. The first-order valence-corrected chi connectivity index (χ1v) is 9.65. The van der Waals surface area contributed by atoms with E-state index in [0.29, 0.717) is 35.9 Å². The number of halogens is 1. The van der Waals surface area contributed by atoms with Crippen molar-refractivity contribution in [2.24, 2.45) is 0 Å². The topological polar surface area (TPSA) is 72.4 Å². The summed E-state index contributed by atoms with van der Waals surface area (Å²) in [5, 5.41) is 8.16. The fourth-order valence-corrected chi connectivity index (χ4v) is 3.58. The third kappa shape index (κ3) is 3.69. The van der Waals surface area contributed by atoms with Crippen molar-refractivity contribution in [3.8, 4) is 11.3 Å². The number of nitrogens with zero attached hydrogens (tertiary/aromatic N) is 3. The maximum atomic E-state index is 13.2. The van der Waals surface area contributed by atoms with Gasteiger partial charge in [-0.3, -0.25) is 4.79 Å². The van der Waals surface area contributed by atoms with Gasteiger partial charge < -0.3 is 13.9 Å². The van der Waals surface area contributed by atoms with Gasteiger partial charge in [0.25, 0.3) is 5.91 Å². The third-order valence-electron chi connectivity index (χ3n) is 5.14. The molecule has 3 aromatic rings. The largest absolute Gasteiger partial charge is 0.361 e. The first-order valence-electron chi connectivity index (χ1n) is 9.65. The fraction of sp³-hybridized carbons (Fsp3) is 0.381. The third-order valence-corrected chi connectivity index (χ3v) is 5.14. The van der Waals surface area contributed by atoms with Gasteiger partial charge in [-0.05, 0) is 37.1 Å². The van der Waals surface area contributed by atoms with E-state index in [4.69, 9.17) is 9.05 Å². The first-order chi connectivity index (χ1) is 13.7. The second-order valence-corrected chi connectivity index (χ2v) is 7.02. The highest BCUT2D eigenvalue weighted by Gasteiger charge is 2.31. The van der Waals surface area contributed by atoms with Gasteiger partial charge in [0, 0.05) is 30.7 Å². The van der Waals surface area contributed by atoms with Gasteiger partial charge in [-0.1, -0.05) is 30.1 Å². The Morgan fingerprint density at radius 3 is 2.71 bits per heavy atom. The molecule has 1 amide bonds. The molecule has 0 unspecified atom stereocenters. The van der Waals surface area contributed by atoms with Crippen LogP contribution in [-0.2, 0) is 6.42 Å². The SMILES string of the molecule is CCc1cc(C(=O)N2CCCCC[C@@H]2c2cc(-c3ccc(F)cc3)on2)no1. The normalized spacial score (nSPS) is 17.5. The summed E-state index contributed by atoms with van der Waals surface area (Å²) in [6.45, 7) is 2.59. The van der Waals surface area contributed by atoms with Crippen LogP contribution in [0.5, 0.6) is 0 Å². The van der Waals surface area contributed by atoms with E-state index in [1.165, 1.54) is 12.1 Å². The minimum Gasteiger partial charge on any atom is -0.361 e. The molecule has 1 saturated heterocycles. The number of hydrogen-bond acceptors (Lipinski definition) is 5. The van der Waals surface area contributed by atoms with E-state index in [2.05, 4.69) is 10.3 Å². The predicted octanol–water partition coefficient (Wildman–Crippen LogP) is 4.79.